The molecule has 0 aromatic heterocycles. The maximum Gasteiger partial charge on any atom is 0.155 e. The second kappa shape index (κ2) is 6.27. The highest BCUT2D eigenvalue weighted by Crippen LogP contribution is 2.32. The molecular weight excluding hydrogens is 270 g/mol. The van der Waals surface area contributed by atoms with Crippen molar-refractivity contribution in [1.82, 2.24) is 5.32 Å². The molecule has 1 saturated heterocycles. The quantitative estimate of drug-likeness (QED) is 0.929. The Kier molecular flexibility index (Phi) is 4.86. The first-order valence-corrected chi connectivity index (χ1v) is 9.20. The highest BCUT2D eigenvalue weighted by atomic mass is 32.2. The minimum atomic E-state index is -2.99. The lowest BCUT2D eigenvalue weighted by molar-refractivity contribution is 0.453. The van der Waals surface area contributed by atoms with Crippen molar-refractivity contribution < 1.29 is 8.42 Å². The number of hydrogen-bond donors (Lipinski definition) is 1. The molecular formula is C16H25NO2S. The Morgan fingerprint density at radius 2 is 2.05 bits per heavy atom. The molecule has 1 aromatic rings. The van der Waals surface area contributed by atoms with Crippen LogP contribution in [0.3, 0.4) is 0 Å². The normalized spacial score (nSPS) is 23.4. The van der Waals surface area contributed by atoms with Crippen molar-refractivity contribution >= 4 is 9.84 Å². The number of nitrogens with one attached hydrogen (secondary N) is 1. The maximum atomic E-state index is 12.4. The van der Waals surface area contributed by atoms with Gasteiger partial charge >= 0.3 is 0 Å². The van der Waals surface area contributed by atoms with Gasteiger partial charge in [-0.1, -0.05) is 31.5 Å². The molecule has 2 atom stereocenters. The standard InChI is InChI=1S/C16H25NO2S/c1-4-17-16(14-9-7-8-12(2)13(14)3)15-10-5-6-11-20(15,18)19/h7-9,15-17H,4-6,10-11H2,1-3H3. The van der Waals surface area contributed by atoms with E-state index in [0.717, 1.165) is 31.4 Å². The fraction of sp³-hybridized carbons (Fsp3) is 0.625. The Hall–Kier alpha value is -0.870. The number of benzene rings is 1. The van der Waals surface area contributed by atoms with Gasteiger partial charge in [-0.2, -0.15) is 0 Å². The van der Waals surface area contributed by atoms with Gasteiger partial charge in [0, 0.05) is 6.04 Å². The highest BCUT2D eigenvalue weighted by molar-refractivity contribution is 7.92. The lowest BCUT2D eigenvalue weighted by Gasteiger charge is -2.32. The zero-order valence-corrected chi connectivity index (χ0v) is 13.5. The SMILES string of the molecule is CCNC(c1cccc(C)c1C)C1CCCCS1(=O)=O. The lowest BCUT2D eigenvalue weighted by Crippen LogP contribution is -2.41. The molecule has 4 heteroatoms. The van der Waals surface area contributed by atoms with Crippen LogP contribution in [-0.2, 0) is 9.84 Å². The van der Waals surface area contributed by atoms with E-state index in [1.54, 1.807) is 0 Å². The summed E-state index contributed by atoms with van der Waals surface area (Å²) in [4.78, 5) is 0. The topological polar surface area (TPSA) is 46.2 Å². The summed E-state index contributed by atoms with van der Waals surface area (Å²) in [5, 5.41) is 3.13. The van der Waals surface area contributed by atoms with Crippen molar-refractivity contribution in [2.75, 3.05) is 12.3 Å². The van der Waals surface area contributed by atoms with Crippen molar-refractivity contribution in [1.29, 1.82) is 0 Å². The van der Waals surface area contributed by atoms with Gasteiger partial charge in [-0.25, -0.2) is 8.42 Å². The fourth-order valence-corrected chi connectivity index (χ4v) is 5.22. The van der Waals surface area contributed by atoms with Gasteiger partial charge in [0.2, 0.25) is 0 Å². The molecule has 1 N–H and O–H groups in total. The van der Waals surface area contributed by atoms with Crippen LogP contribution in [0.5, 0.6) is 0 Å². The molecule has 1 aliphatic rings. The van der Waals surface area contributed by atoms with E-state index in [4.69, 9.17) is 0 Å². The number of aryl methyl sites for hydroxylation is 1. The van der Waals surface area contributed by atoms with Crippen LogP contribution < -0.4 is 5.32 Å². The largest absolute Gasteiger partial charge is 0.309 e. The van der Waals surface area contributed by atoms with Crippen molar-refractivity contribution in [3.05, 3.63) is 34.9 Å². The van der Waals surface area contributed by atoms with Gasteiger partial charge in [0.15, 0.2) is 9.84 Å². The minimum Gasteiger partial charge on any atom is -0.309 e. The summed E-state index contributed by atoms with van der Waals surface area (Å²) >= 11 is 0. The molecule has 20 heavy (non-hydrogen) atoms. The van der Waals surface area contributed by atoms with Crippen LogP contribution >= 0.6 is 0 Å². The molecule has 2 rings (SSSR count). The third-order valence-electron chi connectivity index (χ3n) is 4.41. The van der Waals surface area contributed by atoms with Gasteiger partial charge in [-0.15, -0.1) is 0 Å². The molecule has 1 fully saturated rings. The van der Waals surface area contributed by atoms with Crippen LogP contribution in [0.4, 0.5) is 0 Å². The summed E-state index contributed by atoms with van der Waals surface area (Å²) in [6, 6.07) is 6.10. The van der Waals surface area contributed by atoms with Gasteiger partial charge in [-0.3, -0.25) is 0 Å². The monoisotopic (exact) mass is 295 g/mol. The second-order valence-corrected chi connectivity index (χ2v) is 8.07. The number of sulfone groups is 1. The van der Waals surface area contributed by atoms with E-state index in [0.29, 0.717) is 5.75 Å². The molecule has 3 nitrogen and oxygen atoms in total. The molecule has 1 heterocycles. The van der Waals surface area contributed by atoms with E-state index in [2.05, 4.69) is 31.3 Å². The van der Waals surface area contributed by atoms with Crippen LogP contribution in [0.1, 0.15) is 48.9 Å². The van der Waals surface area contributed by atoms with Gasteiger partial charge in [0.25, 0.3) is 0 Å². The first-order chi connectivity index (χ1) is 9.47. The first kappa shape index (κ1) is 15.5. The predicted octanol–water partition coefficient (Wildman–Crippen LogP) is 2.92. The Balaban J connectivity index is 2.43. The van der Waals surface area contributed by atoms with E-state index in [1.807, 2.05) is 13.0 Å². The van der Waals surface area contributed by atoms with Crippen molar-refractivity contribution in [3.63, 3.8) is 0 Å². The minimum absolute atomic E-state index is 0.0785. The van der Waals surface area contributed by atoms with E-state index in [9.17, 15) is 8.42 Å². The summed E-state index contributed by atoms with van der Waals surface area (Å²) in [5.74, 6) is 0.338. The summed E-state index contributed by atoms with van der Waals surface area (Å²) in [5.41, 5.74) is 3.57. The Morgan fingerprint density at radius 1 is 1.30 bits per heavy atom. The predicted molar refractivity (Wildman–Crippen MR) is 83.8 cm³/mol. The van der Waals surface area contributed by atoms with Crippen molar-refractivity contribution in [2.45, 2.75) is 51.3 Å². The first-order valence-electron chi connectivity index (χ1n) is 7.48. The van der Waals surface area contributed by atoms with Crippen molar-refractivity contribution in [3.8, 4) is 0 Å². The third-order valence-corrected chi connectivity index (χ3v) is 6.69. The zero-order valence-electron chi connectivity index (χ0n) is 12.6. The Labute approximate surface area is 122 Å². The van der Waals surface area contributed by atoms with E-state index >= 15 is 0 Å². The van der Waals surface area contributed by atoms with Crippen LogP contribution in [0.2, 0.25) is 0 Å². The summed E-state index contributed by atoms with van der Waals surface area (Å²) in [7, 11) is -2.99. The van der Waals surface area contributed by atoms with E-state index < -0.39 is 9.84 Å². The van der Waals surface area contributed by atoms with Crippen LogP contribution in [0.15, 0.2) is 18.2 Å². The third kappa shape index (κ3) is 3.07. The van der Waals surface area contributed by atoms with Crippen LogP contribution in [0.25, 0.3) is 0 Å². The van der Waals surface area contributed by atoms with Crippen molar-refractivity contribution in [2.24, 2.45) is 0 Å². The molecule has 0 aliphatic carbocycles. The summed E-state index contributed by atoms with van der Waals surface area (Å²) in [6.07, 6.45) is 2.59. The molecule has 0 radical (unpaired) electrons. The van der Waals surface area contributed by atoms with E-state index in [1.165, 1.54) is 11.1 Å². The second-order valence-electron chi connectivity index (χ2n) is 5.73. The number of rotatable bonds is 4. The molecule has 1 aliphatic heterocycles. The average molecular weight is 295 g/mol. The molecule has 0 saturated carbocycles. The molecule has 0 spiro atoms. The Bertz CT molecular complexity index is 566. The Morgan fingerprint density at radius 3 is 2.70 bits per heavy atom. The molecule has 0 amide bonds. The van der Waals surface area contributed by atoms with Crippen LogP contribution in [0, 0.1) is 13.8 Å². The number of hydrogen-bond acceptors (Lipinski definition) is 3. The highest BCUT2D eigenvalue weighted by Gasteiger charge is 2.36. The molecule has 0 bridgehead atoms. The van der Waals surface area contributed by atoms with Gasteiger partial charge < -0.3 is 5.32 Å². The lowest BCUT2D eigenvalue weighted by atomic mass is 9.93. The smallest absolute Gasteiger partial charge is 0.155 e. The van der Waals surface area contributed by atoms with Gasteiger partial charge in [0.05, 0.1) is 11.0 Å². The zero-order chi connectivity index (χ0) is 14.8. The van der Waals surface area contributed by atoms with Crippen LogP contribution in [-0.4, -0.2) is 26.0 Å². The summed E-state index contributed by atoms with van der Waals surface area (Å²) < 4.78 is 24.9. The average Bonchev–Trinajstić information content (AvgIpc) is 2.40. The fourth-order valence-electron chi connectivity index (χ4n) is 3.13. The molecule has 112 valence electrons. The van der Waals surface area contributed by atoms with E-state index in [-0.39, 0.29) is 11.3 Å². The van der Waals surface area contributed by atoms with Gasteiger partial charge in [-0.05, 0) is 49.9 Å². The molecule has 2 unspecified atom stereocenters. The summed E-state index contributed by atoms with van der Waals surface area (Å²) in [6.45, 7) is 6.99. The molecule has 1 aromatic carbocycles. The van der Waals surface area contributed by atoms with Gasteiger partial charge in [0.1, 0.15) is 0 Å². The maximum absolute atomic E-state index is 12.4.